The summed E-state index contributed by atoms with van der Waals surface area (Å²) in [5.74, 6) is 6.75. The monoisotopic (exact) mass is 397 g/mol. The summed E-state index contributed by atoms with van der Waals surface area (Å²) >= 11 is 4.80. The lowest BCUT2D eigenvalue weighted by Gasteiger charge is -2.22. The highest BCUT2D eigenvalue weighted by Gasteiger charge is 2.23. The second-order valence-corrected chi connectivity index (χ2v) is 7.09. The molecule has 1 atom stereocenters. The van der Waals surface area contributed by atoms with E-state index in [1.165, 1.54) is 16.4 Å². The summed E-state index contributed by atoms with van der Waals surface area (Å²) in [6, 6.07) is 7.67. The van der Waals surface area contributed by atoms with Gasteiger partial charge in [0.2, 0.25) is 11.1 Å². The van der Waals surface area contributed by atoms with Crippen molar-refractivity contribution in [2.45, 2.75) is 31.2 Å². The highest BCUT2D eigenvalue weighted by molar-refractivity contribution is 9.10. The fraction of sp³-hybridized carbons (Fsp3) is 0.400. The molecule has 0 saturated heterocycles. The molecule has 2 rings (SSSR count). The first-order valence-corrected chi connectivity index (χ1v) is 9.07. The van der Waals surface area contributed by atoms with Crippen LogP contribution >= 0.6 is 27.7 Å². The Bertz CT molecular complexity index is 686. The van der Waals surface area contributed by atoms with Crippen LogP contribution in [0.1, 0.15) is 20.8 Å². The molecule has 0 spiro atoms. The van der Waals surface area contributed by atoms with Crippen molar-refractivity contribution in [1.82, 2.24) is 19.8 Å². The number of nitrogens with two attached hydrogens (primary N) is 1. The summed E-state index contributed by atoms with van der Waals surface area (Å²) in [6.45, 7) is 7.18. The van der Waals surface area contributed by atoms with Crippen molar-refractivity contribution in [2.75, 3.05) is 18.9 Å². The van der Waals surface area contributed by atoms with E-state index in [1.807, 2.05) is 45.0 Å². The van der Waals surface area contributed by atoms with Crippen LogP contribution in [0.15, 0.2) is 33.9 Å². The molecule has 2 aromatic rings. The van der Waals surface area contributed by atoms with Gasteiger partial charge in [0, 0.05) is 23.1 Å². The van der Waals surface area contributed by atoms with E-state index in [2.05, 4.69) is 26.1 Å². The molecule has 1 heterocycles. The maximum atomic E-state index is 12.4. The molecular formula is C15H20BrN5OS. The fourth-order valence-corrected chi connectivity index (χ4v) is 3.50. The molecule has 0 aliphatic rings. The number of carbonyl (C=O) groups is 1. The Morgan fingerprint density at radius 2 is 2.00 bits per heavy atom. The van der Waals surface area contributed by atoms with Gasteiger partial charge in [-0.25, -0.2) is 4.68 Å². The lowest BCUT2D eigenvalue weighted by atomic mass is 10.2. The van der Waals surface area contributed by atoms with E-state index in [-0.39, 0.29) is 11.2 Å². The van der Waals surface area contributed by atoms with Crippen LogP contribution in [0.2, 0.25) is 0 Å². The first kappa shape index (κ1) is 17.8. The molecule has 1 aromatic carbocycles. The van der Waals surface area contributed by atoms with Gasteiger partial charge in [-0.15, -0.1) is 10.2 Å². The van der Waals surface area contributed by atoms with Crippen LogP contribution in [0, 0.1) is 0 Å². The van der Waals surface area contributed by atoms with Crippen molar-refractivity contribution in [2.24, 2.45) is 0 Å². The Morgan fingerprint density at radius 3 is 2.61 bits per heavy atom. The van der Waals surface area contributed by atoms with Crippen molar-refractivity contribution >= 4 is 33.6 Å². The van der Waals surface area contributed by atoms with Gasteiger partial charge in [-0.05, 0) is 32.9 Å². The number of rotatable bonds is 6. The van der Waals surface area contributed by atoms with Crippen molar-refractivity contribution < 1.29 is 4.79 Å². The van der Waals surface area contributed by atoms with Crippen molar-refractivity contribution in [3.05, 3.63) is 28.7 Å². The Hall–Kier alpha value is -1.54. The molecule has 0 fully saturated rings. The number of amides is 1. The van der Waals surface area contributed by atoms with E-state index in [9.17, 15) is 4.79 Å². The topological polar surface area (TPSA) is 77.0 Å². The van der Waals surface area contributed by atoms with E-state index in [1.54, 1.807) is 4.90 Å². The molecule has 0 aliphatic heterocycles. The molecule has 0 saturated carbocycles. The third-order valence-corrected chi connectivity index (χ3v) is 5.22. The quantitative estimate of drug-likeness (QED) is 0.598. The molecule has 1 amide bonds. The van der Waals surface area contributed by atoms with E-state index in [0.717, 1.165) is 10.0 Å². The summed E-state index contributed by atoms with van der Waals surface area (Å²) in [6.07, 6.45) is 0. The number of thioether (sulfide) groups is 1. The second kappa shape index (κ2) is 7.83. The molecule has 0 aliphatic carbocycles. The van der Waals surface area contributed by atoms with Gasteiger partial charge in [0.25, 0.3) is 0 Å². The maximum Gasteiger partial charge on any atom is 0.235 e. The number of hydrogen-bond acceptors (Lipinski definition) is 5. The van der Waals surface area contributed by atoms with Gasteiger partial charge >= 0.3 is 0 Å². The third kappa shape index (κ3) is 3.87. The molecule has 0 bridgehead atoms. The van der Waals surface area contributed by atoms with Gasteiger partial charge < -0.3 is 10.7 Å². The Morgan fingerprint density at radius 1 is 1.35 bits per heavy atom. The average Bonchev–Trinajstić information content (AvgIpc) is 2.90. The highest BCUT2D eigenvalue weighted by Crippen LogP contribution is 2.29. The lowest BCUT2D eigenvalue weighted by Crippen LogP contribution is -2.36. The molecule has 1 aromatic heterocycles. The van der Waals surface area contributed by atoms with Gasteiger partial charge in [0.05, 0.1) is 5.25 Å². The SMILES string of the molecule is CCN(CC)C(=O)C(C)Sc1nnc(-c2ccccc2Br)n1N. The zero-order chi connectivity index (χ0) is 17.0. The first-order valence-electron chi connectivity index (χ1n) is 7.40. The van der Waals surface area contributed by atoms with Crippen LogP contribution in [0.4, 0.5) is 0 Å². The summed E-state index contributed by atoms with van der Waals surface area (Å²) in [4.78, 5) is 14.1. The number of benzene rings is 1. The first-order chi connectivity index (χ1) is 11.0. The van der Waals surface area contributed by atoms with Crippen LogP contribution in [-0.4, -0.2) is 44.0 Å². The van der Waals surface area contributed by atoms with E-state index in [0.29, 0.717) is 24.1 Å². The normalized spacial score (nSPS) is 12.2. The van der Waals surface area contributed by atoms with Gasteiger partial charge in [-0.2, -0.15) is 0 Å². The number of nitrogen functional groups attached to an aromatic ring is 1. The molecule has 23 heavy (non-hydrogen) atoms. The number of carbonyl (C=O) groups excluding carboxylic acids is 1. The van der Waals surface area contributed by atoms with Crippen LogP contribution in [0.3, 0.4) is 0 Å². The second-order valence-electron chi connectivity index (χ2n) is 4.93. The fourth-order valence-electron chi connectivity index (χ4n) is 2.18. The Labute approximate surface area is 148 Å². The predicted molar refractivity (Wildman–Crippen MR) is 96.6 cm³/mol. The van der Waals surface area contributed by atoms with E-state index < -0.39 is 0 Å². The van der Waals surface area contributed by atoms with Gasteiger partial charge in [0.1, 0.15) is 0 Å². The minimum atomic E-state index is -0.270. The zero-order valence-corrected chi connectivity index (χ0v) is 15.8. The average molecular weight is 398 g/mol. The highest BCUT2D eigenvalue weighted by atomic mass is 79.9. The zero-order valence-electron chi connectivity index (χ0n) is 13.4. The molecule has 6 nitrogen and oxygen atoms in total. The molecule has 8 heteroatoms. The van der Waals surface area contributed by atoms with Gasteiger partial charge in [-0.3, -0.25) is 4.79 Å². The Balaban J connectivity index is 2.20. The maximum absolute atomic E-state index is 12.4. The summed E-state index contributed by atoms with van der Waals surface area (Å²) in [5.41, 5.74) is 0.858. The van der Waals surface area contributed by atoms with Crippen LogP contribution in [-0.2, 0) is 4.79 Å². The molecule has 124 valence electrons. The summed E-state index contributed by atoms with van der Waals surface area (Å²) in [5, 5.41) is 8.53. The minimum absolute atomic E-state index is 0.0745. The van der Waals surface area contributed by atoms with Gasteiger partial charge in [0.15, 0.2) is 5.82 Å². The van der Waals surface area contributed by atoms with E-state index >= 15 is 0 Å². The molecule has 1 unspecified atom stereocenters. The van der Waals surface area contributed by atoms with Crippen LogP contribution in [0.25, 0.3) is 11.4 Å². The lowest BCUT2D eigenvalue weighted by molar-refractivity contribution is -0.129. The largest absolute Gasteiger partial charge is 0.342 e. The molecular weight excluding hydrogens is 378 g/mol. The number of halogens is 1. The van der Waals surface area contributed by atoms with Crippen molar-refractivity contribution in [3.63, 3.8) is 0 Å². The minimum Gasteiger partial charge on any atom is -0.342 e. The number of hydrogen-bond donors (Lipinski definition) is 1. The van der Waals surface area contributed by atoms with Crippen LogP contribution < -0.4 is 5.84 Å². The van der Waals surface area contributed by atoms with E-state index in [4.69, 9.17) is 5.84 Å². The van der Waals surface area contributed by atoms with Crippen molar-refractivity contribution in [3.8, 4) is 11.4 Å². The standard InChI is InChI=1S/C15H20BrN5OS/c1-4-20(5-2)14(22)10(3)23-15-19-18-13(21(15)17)11-8-6-7-9-12(11)16/h6-10H,4-5,17H2,1-3H3. The number of aromatic nitrogens is 3. The smallest absolute Gasteiger partial charge is 0.235 e. The predicted octanol–water partition coefficient (Wildman–Crippen LogP) is 2.77. The molecule has 2 N–H and O–H groups in total. The van der Waals surface area contributed by atoms with Crippen molar-refractivity contribution in [1.29, 1.82) is 0 Å². The van der Waals surface area contributed by atoms with Gasteiger partial charge in [-0.1, -0.05) is 39.8 Å². The van der Waals surface area contributed by atoms with Crippen LogP contribution in [0.5, 0.6) is 0 Å². The third-order valence-electron chi connectivity index (χ3n) is 3.48. The Kier molecular flexibility index (Phi) is 6.06. The summed E-state index contributed by atoms with van der Waals surface area (Å²) in [7, 11) is 0. The summed E-state index contributed by atoms with van der Waals surface area (Å²) < 4.78 is 2.32. The molecule has 0 radical (unpaired) electrons. The number of nitrogens with zero attached hydrogens (tertiary/aromatic N) is 4.